The monoisotopic (exact) mass is 385 g/mol. The van der Waals surface area contributed by atoms with E-state index in [0.717, 1.165) is 6.42 Å². The number of nitrogens with one attached hydrogen (secondary N) is 1. The zero-order valence-electron chi connectivity index (χ0n) is 12.0. The zero-order chi connectivity index (χ0) is 15.9. The largest absolute Gasteiger partial charge is 0.493 e. The Kier molecular flexibility index (Phi) is 4.11. The molecule has 6 nitrogen and oxygen atoms in total. The first-order chi connectivity index (χ1) is 10.4. The van der Waals surface area contributed by atoms with Gasteiger partial charge in [0.15, 0.2) is 0 Å². The van der Waals surface area contributed by atoms with Crippen LogP contribution in [0.2, 0.25) is 0 Å². The number of rotatable bonds is 3. The van der Waals surface area contributed by atoms with Gasteiger partial charge in [0.2, 0.25) is 15.9 Å². The fourth-order valence-electron chi connectivity index (χ4n) is 2.75. The van der Waals surface area contributed by atoms with E-state index in [1.807, 2.05) is 7.05 Å². The quantitative estimate of drug-likeness (QED) is 0.839. The lowest BCUT2D eigenvalue weighted by molar-refractivity contribution is 0.460. The number of likely N-dealkylation sites (N-methyl/N-ethyl adjacent to an activating group) is 1. The van der Waals surface area contributed by atoms with Crippen LogP contribution in [0.25, 0.3) is 10.8 Å². The Morgan fingerprint density at radius 1 is 1.45 bits per heavy atom. The summed E-state index contributed by atoms with van der Waals surface area (Å²) in [6.45, 7) is 0.933. The van der Waals surface area contributed by atoms with Gasteiger partial charge in [-0.25, -0.2) is 13.4 Å². The number of aromatic hydroxyl groups is 1. The van der Waals surface area contributed by atoms with E-state index in [0.29, 0.717) is 28.3 Å². The highest BCUT2D eigenvalue weighted by atomic mass is 79.9. The van der Waals surface area contributed by atoms with Crippen molar-refractivity contribution in [3.05, 3.63) is 28.9 Å². The normalized spacial score (nSPS) is 19.8. The maximum Gasteiger partial charge on any atom is 0.243 e. The second-order valence-electron chi connectivity index (χ2n) is 5.25. The number of sulfonamides is 1. The van der Waals surface area contributed by atoms with Crippen molar-refractivity contribution in [2.75, 3.05) is 20.1 Å². The van der Waals surface area contributed by atoms with E-state index >= 15 is 0 Å². The molecule has 1 unspecified atom stereocenters. The Bertz CT molecular complexity index is 825. The van der Waals surface area contributed by atoms with Gasteiger partial charge in [0, 0.05) is 40.6 Å². The highest BCUT2D eigenvalue weighted by Crippen LogP contribution is 2.35. The highest BCUT2D eigenvalue weighted by molar-refractivity contribution is 9.10. The molecule has 1 atom stereocenters. The molecule has 0 radical (unpaired) electrons. The predicted octanol–water partition coefficient (Wildman–Crippen LogP) is 1.69. The number of halogens is 1. The first-order valence-corrected chi connectivity index (χ1v) is 9.12. The molecule has 0 bridgehead atoms. The molecule has 1 aromatic heterocycles. The molecule has 22 heavy (non-hydrogen) atoms. The number of hydrogen-bond donors (Lipinski definition) is 2. The molecular formula is C14H16BrN3O3S. The lowest BCUT2D eigenvalue weighted by Crippen LogP contribution is -2.33. The van der Waals surface area contributed by atoms with Gasteiger partial charge in [-0.3, -0.25) is 0 Å². The number of pyridine rings is 1. The summed E-state index contributed by atoms with van der Waals surface area (Å²) in [6, 6.07) is 5.01. The van der Waals surface area contributed by atoms with Crippen molar-refractivity contribution >= 4 is 36.7 Å². The fourth-order valence-corrected chi connectivity index (χ4v) is 5.14. The molecule has 2 N–H and O–H groups in total. The van der Waals surface area contributed by atoms with Crippen LogP contribution in [-0.2, 0) is 10.0 Å². The smallest absolute Gasteiger partial charge is 0.243 e. The molecule has 1 aliphatic rings. The van der Waals surface area contributed by atoms with Crippen molar-refractivity contribution in [2.45, 2.75) is 17.4 Å². The van der Waals surface area contributed by atoms with Crippen LogP contribution in [0.3, 0.4) is 0 Å². The van der Waals surface area contributed by atoms with Crippen molar-refractivity contribution in [1.29, 1.82) is 0 Å². The first kappa shape index (κ1) is 15.7. The Hall–Kier alpha value is -1.22. The van der Waals surface area contributed by atoms with E-state index in [9.17, 15) is 13.5 Å². The van der Waals surface area contributed by atoms with Gasteiger partial charge >= 0.3 is 0 Å². The third kappa shape index (κ3) is 2.50. The fraction of sp³-hybridized carbons (Fsp3) is 0.357. The zero-order valence-corrected chi connectivity index (χ0v) is 14.4. The summed E-state index contributed by atoms with van der Waals surface area (Å²) in [4.78, 5) is 4.03. The van der Waals surface area contributed by atoms with Gasteiger partial charge in [0.1, 0.15) is 0 Å². The minimum Gasteiger partial charge on any atom is -0.493 e. The summed E-state index contributed by atoms with van der Waals surface area (Å²) in [5, 5.41) is 13.9. The van der Waals surface area contributed by atoms with Gasteiger partial charge in [-0.1, -0.05) is 6.07 Å². The molecule has 1 aliphatic heterocycles. The van der Waals surface area contributed by atoms with Crippen molar-refractivity contribution in [3.63, 3.8) is 0 Å². The Morgan fingerprint density at radius 2 is 2.23 bits per heavy atom. The summed E-state index contributed by atoms with van der Waals surface area (Å²) in [7, 11) is -1.79. The summed E-state index contributed by atoms with van der Waals surface area (Å²) >= 11 is 3.34. The average molecular weight is 386 g/mol. The summed E-state index contributed by atoms with van der Waals surface area (Å²) < 4.78 is 27.9. The van der Waals surface area contributed by atoms with Crippen LogP contribution in [0, 0.1) is 0 Å². The van der Waals surface area contributed by atoms with Crippen molar-refractivity contribution in [1.82, 2.24) is 14.6 Å². The number of nitrogens with zero attached hydrogens (tertiary/aromatic N) is 2. The standard InChI is InChI=1S/C14H16BrN3O3S/c1-16-9-5-6-18(8-9)22(20,21)12-4-2-3-10-13(12)11(15)7-17-14(10)19/h2-4,7,9,16H,5-6,8H2,1H3,(H,17,19). The van der Waals surface area contributed by atoms with E-state index in [4.69, 9.17) is 0 Å². The molecule has 1 saturated heterocycles. The Balaban J connectivity index is 2.16. The molecule has 2 heterocycles. The van der Waals surface area contributed by atoms with Crippen LogP contribution in [-0.4, -0.2) is 49.0 Å². The Morgan fingerprint density at radius 3 is 2.91 bits per heavy atom. The summed E-state index contributed by atoms with van der Waals surface area (Å²) in [6.07, 6.45) is 2.20. The number of hydrogen-bond acceptors (Lipinski definition) is 5. The van der Waals surface area contributed by atoms with E-state index < -0.39 is 10.0 Å². The molecule has 0 spiro atoms. The lowest BCUT2D eigenvalue weighted by Gasteiger charge is -2.18. The van der Waals surface area contributed by atoms with Gasteiger partial charge < -0.3 is 10.4 Å². The van der Waals surface area contributed by atoms with Crippen molar-refractivity contribution < 1.29 is 13.5 Å². The molecule has 8 heteroatoms. The molecule has 3 rings (SSSR count). The van der Waals surface area contributed by atoms with E-state index in [-0.39, 0.29) is 16.8 Å². The number of benzene rings is 1. The van der Waals surface area contributed by atoms with Gasteiger partial charge in [-0.2, -0.15) is 4.31 Å². The molecule has 0 saturated carbocycles. The topological polar surface area (TPSA) is 82.5 Å². The summed E-state index contributed by atoms with van der Waals surface area (Å²) in [5.41, 5.74) is 0. The van der Waals surface area contributed by atoms with Crippen LogP contribution >= 0.6 is 15.9 Å². The van der Waals surface area contributed by atoms with Gasteiger partial charge in [-0.05, 0) is 41.5 Å². The van der Waals surface area contributed by atoms with Gasteiger partial charge in [-0.15, -0.1) is 0 Å². The minimum atomic E-state index is -3.62. The van der Waals surface area contributed by atoms with Gasteiger partial charge in [0.05, 0.1) is 4.90 Å². The van der Waals surface area contributed by atoms with Crippen LogP contribution < -0.4 is 5.32 Å². The second kappa shape index (κ2) is 5.77. The predicted molar refractivity (Wildman–Crippen MR) is 87.3 cm³/mol. The molecule has 1 fully saturated rings. The molecule has 0 amide bonds. The van der Waals surface area contributed by atoms with E-state index in [1.165, 1.54) is 10.5 Å². The van der Waals surface area contributed by atoms with Crippen LogP contribution in [0.1, 0.15) is 6.42 Å². The van der Waals surface area contributed by atoms with E-state index in [2.05, 4.69) is 26.2 Å². The molecular weight excluding hydrogens is 370 g/mol. The van der Waals surface area contributed by atoms with Crippen LogP contribution in [0.5, 0.6) is 5.88 Å². The van der Waals surface area contributed by atoms with Gasteiger partial charge in [0.25, 0.3) is 0 Å². The van der Waals surface area contributed by atoms with Crippen LogP contribution in [0.15, 0.2) is 33.8 Å². The molecule has 118 valence electrons. The third-order valence-electron chi connectivity index (χ3n) is 3.98. The number of fused-ring (bicyclic) bond motifs is 1. The lowest BCUT2D eigenvalue weighted by atomic mass is 10.2. The molecule has 0 aliphatic carbocycles. The third-order valence-corrected chi connectivity index (χ3v) is 6.49. The minimum absolute atomic E-state index is 0.170. The number of aromatic nitrogens is 1. The van der Waals surface area contributed by atoms with Crippen molar-refractivity contribution in [3.8, 4) is 5.88 Å². The maximum absolute atomic E-state index is 12.9. The van der Waals surface area contributed by atoms with E-state index in [1.54, 1.807) is 18.2 Å². The average Bonchev–Trinajstić information content (AvgIpc) is 3.00. The first-order valence-electron chi connectivity index (χ1n) is 6.88. The SMILES string of the molecule is CNC1CCN(S(=O)(=O)c2cccc3c(O)ncc(Br)c23)C1. The highest BCUT2D eigenvalue weighted by Gasteiger charge is 2.33. The molecule has 1 aromatic carbocycles. The Labute approximate surface area is 137 Å². The maximum atomic E-state index is 12.9. The van der Waals surface area contributed by atoms with Crippen molar-refractivity contribution in [2.24, 2.45) is 0 Å². The second-order valence-corrected chi connectivity index (χ2v) is 8.01. The van der Waals surface area contributed by atoms with Crippen LogP contribution in [0.4, 0.5) is 0 Å². The summed E-state index contributed by atoms with van der Waals surface area (Å²) in [5.74, 6) is -0.176. The molecule has 2 aromatic rings.